The average molecular weight is 262 g/mol. The van der Waals surface area contributed by atoms with Gasteiger partial charge < -0.3 is 19.7 Å². The van der Waals surface area contributed by atoms with Crippen molar-refractivity contribution in [2.24, 2.45) is 0 Å². The van der Waals surface area contributed by atoms with Gasteiger partial charge in [0.1, 0.15) is 13.2 Å². The van der Waals surface area contributed by atoms with Crippen LogP contribution in [0.25, 0.3) is 0 Å². The first-order valence-electron chi connectivity index (χ1n) is 6.67. The summed E-state index contributed by atoms with van der Waals surface area (Å²) in [5, 5.41) is 3.28. The Hall–Kier alpha value is -1.75. The Bertz CT molecular complexity index is 490. The number of hydrogen-bond donors (Lipinski definition) is 1. The lowest BCUT2D eigenvalue weighted by molar-refractivity contribution is 0.0654. The van der Waals surface area contributed by atoms with Crippen LogP contribution in [0.15, 0.2) is 18.2 Å². The number of rotatable bonds is 1. The highest BCUT2D eigenvalue weighted by Gasteiger charge is 2.25. The minimum atomic E-state index is 0.0611. The van der Waals surface area contributed by atoms with E-state index in [1.807, 2.05) is 17.0 Å². The molecule has 1 saturated heterocycles. The number of hydrogen-bond acceptors (Lipinski definition) is 4. The lowest BCUT2D eigenvalue weighted by Crippen LogP contribution is -2.52. The molecule has 5 heteroatoms. The Morgan fingerprint density at radius 2 is 2.11 bits per heavy atom. The zero-order valence-corrected chi connectivity index (χ0v) is 11.0. The predicted octanol–water partition coefficient (Wildman–Crippen LogP) is 0.892. The summed E-state index contributed by atoms with van der Waals surface area (Å²) in [5.41, 5.74) is 0.665. The molecule has 1 aromatic carbocycles. The summed E-state index contributed by atoms with van der Waals surface area (Å²) >= 11 is 0. The van der Waals surface area contributed by atoms with Crippen LogP contribution in [-0.4, -0.2) is 49.7 Å². The van der Waals surface area contributed by atoms with Crippen LogP contribution in [0.5, 0.6) is 11.5 Å². The monoisotopic (exact) mass is 262 g/mol. The first kappa shape index (κ1) is 12.3. The fourth-order valence-electron chi connectivity index (χ4n) is 2.48. The molecule has 1 amide bonds. The van der Waals surface area contributed by atoms with Crippen molar-refractivity contribution in [1.29, 1.82) is 0 Å². The van der Waals surface area contributed by atoms with Crippen molar-refractivity contribution in [2.45, 2.75) is 13.0 Å². The molecule has 1 aromatic rings. The van der Waals surface area contributed by atoms with Gasteiger partial charge in [-0.05, 0) is 25.1 Å². The maximum absolute atomic E-state index is 12.5. The van der Waals surface area contributed by atoms with Crippen molar-refractivity contribution in [2.75, 3.05) is 32.8 Å². The lowest BCUT2D eigenvalue weighted by Gasteiger charge is -2.34. The molecule has 0 saturated carbocycles. The molecule has 19 heavy (non-hydrogen) atoms. The SMILES string of the molecule is C[C@H]1CNCCN1C(=O)c1ccc2c(c1)OCCO2. The fraction of sp³-hybridized carbons (Fsp3) is 0.500. The van der Waals surface area contributed by atoms with Crippen LogP contribution in [0.4, 0.5) is 0 Å². The lowest BCUT2D eigenvalue weighted by atomic mass is 10.1. The predicted molar refractivity (Wildman–Crippen MR) is 70.8 cm³/mol. The van der Waals surface area contributed by atoms with Gasteiger partial charge in [0, 0.05) is 31.2 Å². The number of ether oxygens (including phenoxy) is 2. The molecule has 102 valence electrons. The molecule has 0 aliphatic carbocycles. The molecule has 0 aromatic heterocycles. The molecule has 5 nitrogen and oxygen atoms in total. The largest absolute Gasteiger partial charge is 0.486 e. The Balaban J connectivity index is 1.83. The van der Waals surface area contributed by atoms with Crippen LogP contribution in [0.2, 0.25) is 0 Å². The van der Waals surface area contributed by atoms with Crippen LogP contribution in [0.3, 0.4) is 0 Å². The highest BCUT2D eigenvalue weighted by atomic mass is 16.6. The first-order chi connectivity index (χ1) is 9.25. The number of fused-ring (bicyclic) bond motifs is 1. The van der Waals surface area contributed by atoms with Crippen molar-refractivity contribution < 1.29 is 14.3 Å². The first-order valence-corrected chi connectivity index (χ1v) is 6.67. The standard InChI is InChI=1S/C14H18N2O3/c1-10-9-15-4-5-16(10)14(17)11-2-3-12-13(8-11)19-7-6-18-12/h2-3,8,10,15H,4-7,9H2,1H3/t10-/m0/s1. The molecule has 1 atom stereocenters. The normalized spacial score (nSPS) is 22.2. The number of amides is 1. The van der Waals surface area contributed by atoms with E-state index in [-0.39, 0.29) is 11.9 Å². The number of nitrogens with one attached hydrogen (secondary N) is 1. The zero-order valence-electron chi connectivity index (χ0n) is 11.0. The molecule has 0 unspecified atom stereocenters. The summed E-state index contributed by atoms with van der Waals surface area (Å²) in [4.78, 5) is 14.4. The van der Waals surface area contributed by atoms with E-state index in [0.717, 1.165) is 25.4 Å². The summed E-state index contributed by atoms with van der Waals surface area (Å²) in [5.74, 6) is 1.45. The maximum atomic E-state index is 12.5. The smallest absolute Gasteiger partial charge is 0.254 e. The number of nitrogens with zero attached hydrogens (tertiary/aromatic N) is 1. The summed E-state index contributed by atoms with van der Waals surface area (Å²) in [6.07, 6.45) is 0. The molecule has 1 N–H and O–H groups in total. The fourth-order valence-corrected chi connectivity index (χ4v) is 2.48. The molecule has 2 aliphatic rings. The molecular formula is C14H18N2O3. The van der Waals surface area contributed by atoms with Gasteiger partial charge in [0.2, 0.25) is 0 Å². The third-order valence-electron chi connectivity index (χ3n) is 3.55. The molecule has 0 radical (unpaired) electrons. The Labute approximate surface area is 112 Å². The summed E-state index contributed by atoms with van der Waals surface area (Å²) in [7, 11) is 0. The Morgan fingerprint density at radius 3 is 2.89 bits per heavy atom. The summed E-state index contributed by atoms with van der Waals surface area (Å²) < 4.78 is 11.0. The van der Waals surface area contributed by atoms with Crippen molar-refractivity contribution in [3.8, 4) is 11.5 Å². The van der Waals surface area contributed by atoms with E-state index in [1.165, 1.54) is 0 Å². The minimum absolute atomic E-state index is 0.0611. The van der Waals surface area contributed by atoms with Crippen LogP contribution in [0.1, 0.15) is 17.3 Å². The molecule has 3 rings (SSSR count). The highest BCUT2D eigenvalue weighted by Crippen LogP contribution is 2.31. The van der Waals surface area contributed by atoms with E-state index in [2.05, 4.69) is 12.2 Å². The van der Waals surface area contributed by atoms with E-state index in [4.69, 9.17) is 9.47 Å². The van der Waals surface area contributed by atoms with Gasteiger partial charge in [-0.1, -0.05) is 0 Å². The topological polar surface area (TPSA) is 50.8 Å². The van der Waals surface area contributed by atoms with Crippen LogP contribution < -0.4 is 14.8 Å². The van der Waals surface area contributed by atoms with Crippen LogP contribution >= 0.6 is 0 Å². The summed E-state index contributed by atoms with van der Waals surface area (Å²) in [6, 6.07) is 5.62. The highest BCUT2D eigenvalue weighted by molar-refractivity contribution is 5.95. The number of carbonyl (C=O) groups is 1. The quantitative estimate of drug-likeness (QED) is 0.816. The van der Waals surface area contributed by atoms with Crippen LogP contribution in [0, 0.1) is 0 Å². The van der Waals surface area contributed by atoms with E-state index >= 15 is 0 Å². The Kier molecular flexibility index (Phi) is 3.29. The second-order valence-corrected chi connectivity index (χ2v) is 4.91. The van der Waals surface area contributed by atoms with Crippen molar-refractivity contribution in [1.82, 2.24) is 10.2 Å². The van der Waals surface area contributed by atoms with E-state index in [1.54, 1.807) is 6.07 Å². The average Bonchev–Trinajstić information content (AvgIpc) is 2.46. The zero-order chi connectivity index (χ0) is 13.2. The Morgan fingerprint density at radius 1 is 1.32 bits per heavy atom. The summed E-state index contributed by atoms with van der Waals surface area (Å²) in [6.45, 7) is 5.59. The molecule has 0 bridgehead atoms. The van der Waals surface area contributed by atoms with Crippen LogP contribution in [-0.2, 0) is 0 Å². The number of benzene rings is 1. The number of carbonyl (C=O) groups excluding carboxylic acids is 1. The van der Waals surface area contributed by atoms with Crippen molar-refractivity contribution >= 4 is 5.91 Å². The van der Waals surface area contributed by atoms with Gasteiger partial charge >= 0.3 is 0 Å². The van der Waals surface area contributed by atoms with Crippen molar-refractivity contribution in [3.05, 3.63) is 23.8 Å². The third kappa shape index (κ3) is 2.38. The van der Waals surface area contributed by atoms with E-state index in [9.17, 15) is 4.79 Å². The van der Waals surface area contributed by atoms with Crippen molar-refractivity contribution in [3.63, 3.8) is 0 Å². The van der Waals surface area contributed by atoms with Gasteiger partial charge in [0.25, 0.3) is 5.91 Å². The second-order valence-electron chi connectivity index (χ2n) is 4.91. The maximum Gasteiger partial charge on any atom is 0.254 e. The molecule has 1 fully saturated rings. The van der Waals surface area contributed by atoms with E-state index in [0.29, 0.717) is 24.5 Å². The van der Waals surface area contributed by atoms with Gasteiger partial charge in [-0.25, -0.2) is 0 Å². The molecule has 2 aliphatic heterocycles. The van der Waals surface area contributed by atoms with Gasteiger partial charge in [-0.15, -0.1) is 0 Å². The van der Waals surface area contributed by atoms with Gasteiger partial charge in [0.15, 0.2) is 11.5 Å². The molecule has 0 spiro atoms. The molecule has 2 heterocycles. The molecular weight excluding hydrogens is 244 g/mol. The number of piperazine rings is 1. The van der Waals surface area contributed by atoms with Gasteiger partial charge in [0.05, 0.1) is 0 Å². The third-order valence-corrected chi connectivity index (χ3v) is 3.55. The van der Waals surface area contributed by atoms with Gasteiger partial charge in [-0.3, -0.25) is 4.79 Å². The second kappa shape index (κ2) is 5.09. The van der Waals surface area contributed by atoms with Gasteiger partial charge in [-0.2, -0.15) is 0 Å². The minimum Gasteiger partial charge on any atom is -0.486 e. The van der Waals surface area contributed by atoms with E-state index < -0.39 is 0 Å².